The molecule has 2 rings (SSSR count). The second kappa shape index (κ2) is 8.01. The largest absolute Gasteiger partial charge is 0.462 e. The monoisotopic (exact) mass is 330 g/mol. The number of halogens is 1. The molecule has 0 saturated heterocycles. The first kappa shape index (κ1) is 16.6. The summed E-state index contributed by atoms with van der Waals surface area (Å²) in [6.45, 7) is 2.41. The molecule has 0 aliphatic rings. The third-order valence-electron chi connectivity index (χ3n) is 2.75. The summed E-state index contributed by atoms with van der Waals surface area (Å²) in [7, 11) is 0. The van der Waals surface area contributed by atoms with Crippen LogP contribution in [0.15, 0.2) is 30.5 Å². The maximum Gasteiger partial charge on any atom is 0.338 e. The minimum atomic E-state index is -0.359. The Morgan fingerprint density at radius 2 is 2.13 bits per heavy atom. The molecule has 0 radical (unpaired) electrons. The van der Waals surface area contributed by atoms with Crippen molar-refractivity contribution in [2.24, 2.45) is 0 Å². The van der Waals surface area contributed by atoms with Crippen LogP contribution < -0.4 is 10.6 Å². The maximum atomic E-state index is 11.6. The third-order valence-corrected chi connectivity index (χ3v) is 3.03. The number of esters is 1. The molecule has 1 aromatic heterocycles. The molecule has 0 aliphatic carbocycles. The highest BCUT2D eigenvalue weighted by atomic mass is 35.5. The van der Waals surface area contributed by atoms with E-state index in [1.54, 1.807) is 31.2 Å². The molecule has 7 heteroatoms. The zero-order chi connectivity index (χ0) is 16.7. The van der Waals surface area contributed by atoms with Crippen LogP contribution in [0.25, 0.3) is 0 Å². The molecule has 0 spiro atoms. The lowest BCUT2D eigenvalue weighted by Gasteiger charge is -2.09. The van der Waals surface area contributed by atoms with Gasteiger partial charge in [0.1, 0.15) is 5.02 Å². The van der Waals surface area contributed by atoms with E-state index in [-0.39, 0.29) is 5.97 Å². The van der Waals surface area contributed by atoms with Gasteiger partial charge >= 0.3 is 5.97 Å². The lowest BCUT2D eigenvalue weighted by molar-refractivity contribution is 0.0526. The fourth-order valence-electron chi connectivity index (χ4n) is 1.72. The van der Waals surface area contributed by atoms with Gasteiger partial charge in [0.15, 0.2) is 5.82 Å². The Morgan fingerprint density at radius 1 is 1.39 bits per heavy atom. The number of anilines is 3. The van der Waals surface area contributed by atoms with Crippen LogP contribution in [0, 0.1) is 12.3 Å². The predicted octanol–water partition coefficient (Wildman–Crippen LogP) is 3.10. The van der Waals surface area contributed by atoms with E-state index in [0.717, 1.165) is 5.69 Å². The molecule has 0 aliphatic heterocycles. The van der Waals surface area contributed by atoms with Crippen LogP contribution in [0.1, 0.15) is 17.3 Å². The van der Waals surface area contributed by atoms with Crippen LogP contribution in [0.2, 0.25) is 5.02 Å². The summed E-state index contributed by atoms with van der Waals surface area (Å²) in [4.78, 5) is 19.9. The van der Waals surface area contributed by atoms with Crippen LogP contribution in [0.3, 0.4) is 0 Å². The smallest absolute Gasteiger partial charge is 0.338 e. The Balaban J connectivity index is 2.10. The molecule has 0 atom stereocenters. The quantitative estimate of drug-likeness (QED) is 0.626. The van der Waals surface area contributed by atoms with Crippen molar-refractivity contribution in [2.75, 3.05) is 23.8 Å². The Morgan fingerprint density at radius 3 is 2.78 bits per heavy atom. The highest BCUT2D eigenvalue weighted by molar-refractivity contribution is 6.32. The molecule has 1 aromatic carbocycles. The zero-order valence-corrected chi connectivity index (χ0v) is 13.2. The first-order valence-corrected chi connectivity index (χ1v) is 7.26. The molecule has 2 N–H and O–H groups in total. The van der Waals surface area contributed by atoms with Crippen molar-refractivity contribution in [3.63, 3.8) is 0 Å². The van der Waals surface area contributed by atoms with Gasteiger partial charge in [0.25, 0.3) is 0 Å². The van der Waals surface area contributed by atoms with Crippen LogP contribution in [-0.4, -0.2) is 29.1 Å². The fourth-order valence-corrected chi connectivity index (χ4v) is 1.88. The van der Waals surface area contributed by atoms with Crippen LogP contribution in [0.5, 0.6) is 0 Å². The third kappa shape index (κ3) is 4.59. The maximum absolute atomic E-state index is 11.6. The number of nitrogens with zero attached hydrogens (tertiary/aromatic N) is 2. The van der Waals surface area contributed by atoms with Gasteiger partial charge in [-0.3, -0.25) is 0 Å². The molecule has 0 amide bonds. The molecule has 0 bridgehead atoms. The number of aromatic nitrogens is 2. The lowest BCUT2D eigenvalue weighted by Crippen LogP contribution is -2.06. The number of ether oxygens (including phenoxy) is 1. The molecule has 6 nitrogen and oxygen atoms in total. The summed E-state index contributed by atoms with van der Waals surface area (Å²) in [5, 5.41) is 6.31. The van der Waals surface area contributed by atoms with Crippen molar-refractivity contribution in [3.05, 3.63) is 41.0 Å². The summed E-state index contributed by atoms with van der Waals surface area (Å²) < 4.78 is 4.93. The minimum absolute atomic E-state index is 0.310. The van der Waals surface area contributed by atoms with Crippen molar-refractivity contribution < 1.29 is 9.53 Å². The Bertz CT molecular complexity index is 726. The van der Waals surface area contributed by atoms with Crippen molar-refractivity contribution in [2.45, 2.75) is 6.92 Å². The SMILES string of the molecule is C#CCNc1nc(Nc2ccc(C(=O)OCC)cc2)ncc1Cl. The second-order valence-electron chi connectivity index (χ2n) is 4.37. The van der Waals surface area contributed by atoms with Crippen molar-refractivity contribution >= 4 is 35.0 Å². The van der Waals surface area contributed by atoms with E-state index in [4.69, 9.17) is 22.8 Å². The Kier molecular flexibility index (Phi) is 5.78. The number of carbonyl (C=O) groups is 1. The van der Waals surface area contributed by atoms with Gasteiger partial charge in [-0.2, -0.15) is 4.98 Å². The van der Waals surface area contributed by atoms with E-state index in [2.05, 4.69) is 26.5 Å². The van der Waals surface area contributed by atoms with Crippen molar-refractivity contribution in [1.82, 2.24) is 9.97 Å². The van der Waals surface area contributed by atoms with Crippen LogP contribution in [0.4, 0.5) is 17.5 Å². The van der Waals surface area contributed by atoms with E-state index in [0.29, 0.717) is 35.5 Å². The number of hydrogen-bond donors (Lipinski definition) is 2. The molecule has 23 heavy (non-hydrogen) atoms. The van der Waals surface area contributed by atoms with E-state index in [1.807, 2.05) is 0 Å². The summed E-state index contributed by atoms with van der Waals surface area (Å²) in [6, 6.07) is 6.79. The van der Waals surface area contributed by atoms with Crippen molar-refractivity contribution in [1.29, 1.82) is 0 Å². The Hall–Kier alpha value is -2.78. The summed E-state index contributed by atoms with van der Waals surface area (Å²) >= 11 is 5.99. The van der Waals surface area contributed by atoms with Gasteiger partial charge in [-0.05, 0) is 31.2 Å². The van der Waals surface area contributed by atoms with Gasteiger partial charge in [-0.15, -0.1) is 6.42 Å². The van der Waals surface area contributed by atoms with Crippen molar-refractivity contribution in [3.8, 4) is 12.3 Å². The van der Waals surface area contributed by atoms with Gasteiger partial charge in [0.05, 0.1) is 24.9 Å². The van der Waals surface area contributed by atoms with Gasteiger partial charge in [-0.25, -0.2) is 9.78 Å². The average molecular weight is 331 g/mol. The molecular formula is C16H15ClN4O2. The normalized spacial score (nSPS) is 9.78. The average Bonchev–Trinajstić information content (AvgIpc) is 2.56. The topological polar surface area (TPSA) is 76.1 Å². The zero-order valence-electron chi connectivity index (χ0n) is 12.5. The van der Waals surface area contributed by atoms with Crippen LogP contribution >= 0.6 is 11.6 Å². The summed E-state index contributed by atoms with van der Waals surface area (Å²) in [5.41, 5.74) is 1.20. The van der Waals surface area contributed by atoms with Crippen LogP contribution in [-0.2, 0) is 4.74 Å². The van der Waals surface area contributed by atoms with E-state index >= 15 is 0 Å². The van der Waals surface area contributed by atoms with Gasteiger partial charge in [-0.1, -0.05) is 17.5 Å². The number of terminal acetylenes is 1. The first-order chi connectivity index (χ1) is 11.1. The van der Waals surface area contributed by atoms with Gasteiger partial charge in [0.2, 0.25) is 5.95 Å². The summed E-state index contributed by atoms with van der Waals surface area (Å²) in [5.74, 6) is 2.89. The number of benzene rings is 1. The molecule has 118 valence electrons. The molecule has 2 aromatic rings. The predicted molar refractivity (Wildman–Crippen MR) is 90.0 cm³/mol. The molecule has 0 saturated carbocycles. The van der Waals surface area contributed by atoms with Gasteiger partial charge in [0, 0.05) is 5.69 Å². The highest BCUT2D eigenvalue weighted by Gasteiger charge is 2.07. The number of carbonyl (C=O) groups excluding carboxylic acids is 1. The molecule has 1 heterocycles. The lowest BCUT2D eigenvalue weighted by atomic mass is 10.2. The van der Waals surface area contributed by atoms with E-state index in [9.17, 15) is 4.79 Å². The number of hydrogen-bond acceptors (Lipinski definition) is 6. The number of rotatable bonds is 6. The van der Waals surface area contributed by atoms with E-state index < -0.39 is 0 Å². The molecule has 0 unspecified atom stereocenters. The molecule has 0 fully saturated rings. The minimum Gasteiger partial charge on any atom is -0.462 e. The molecular weight excluding hydrogens is 316 g/mol. The van der Waals surface area contributed by atoms with E-state index in [1.165, 1.54) is 6.20 Å². The van der Waals surface area contributed by atoms with Gasteiger partial charge < -0.3 is 15.4 Å². The first-order valence-electron chi connectivity index (χ1n) is 6.88. The standard InChI is InChI=1S/C16H15ClN4O2/c1-3-9-18-14-13(17)10-19-16(21-14)20-12-7-5-11(6-8-12)15(22)23-4-2/h1,5-8,10H,4,9H2,2H3,(H2,18,19,20,21). The Labute approximate surface area is 139 Å². The highest BCUT2D eigenvalue weighted by Crippen LogP contribution is 2.21. The summed E-state index contributed by atoms with van der Waals surface area (Å²) in [6.07, 6.45) is 6.67. The fraction of sp³-hybridized carbons (Fsp3) is 0.188. The number of nitrogens with one attached hydrogen (secondary N) is 2. The second-order valence-corrected chi connectivity index (χ2v) is 4.78.